The molecule has 2 saturated heterocycles. The zero-order valence-corrected chi connectivity index (χ0v) is 16.6. The molecule has 9 nitrogen and oxygen atoms in total. The van der Waals surface area contributed by atoms with Crippen molar-refractivity contribution in [3.8, 4) is 5.75 Å². The van der Waals surface area contributed by atoms with E-state index < -0.39 is 29.9 Å². The molecule has 162 valence electrons. The molecule has 3 aromatic rings. The number of nitrogens with zero attached hydrogens (tertiary/aromatic N) is 3. The number of benzene rings is 3. The summed E-state index contributed by atoms with van der Waals surface area (Å²) >= 11 is 0. The van der Waals surface area contributed by atoms with Gasteiger partial charge in [0, 0.05) is 0 Å². The van der Waals surface area contributed by atoms with Crippen molar-refractivity contribution in [1.82, 2.24) is 0 Å². The zero-order chi connectivity index (χ0) is 22.4. The number of rotatable bonds is 4. The van der Waals surface area contributed by atoms with Gasteiger partial charge in [0.2, 0.25) is 5.91 Å². The lowest BCUT2D eigenvalue weighted by atomic mass is 9.90. The second-order valence-electron chi connectivity index (χ2n) is 7.55. The van der Waals surface area contributed by atoms with Crippen LogP contribution in [0.3, 0.4) is 0 Å². The molecule has 3 aromatic carbocycles. The van der Waals surface area contributed by atoms with E-state index in [4.69, 9.17) is 10.0 Å². The lowest BCUT2D eigenvalue weighted by Crippen LogP contribution is -2.37. The number of para-hydroxylation sites is 1. The van der Waals surface area contributed by atoms with Gasteiger partial charge in [-0.25, -0.2) is 9.96 Å². The molecule has 5 rings (SSSR count). The van der Waals surface area contributed by atoms with E-state index >= 15 is 0 Å². The third-order valence-electron chi connectivity index (χ3n) is 5.69. The first-order valence-electron chi connectivity index (χ1n) is 9.90. The first kappa shape index (κ1) is 20.0. The Morgan fingerprint density at radius 3 is 2.12 bits per heavy atom. The molecule has 9 heteroatoms. The van der Waals surface area contributed by atoms with E-state index in [1.807, 2.05) is 30.3 Å². The van der Waals surface area contributed by atoms with Crippen LogP contribution < -0.4 is 15.2 Å². The zero-order valence-electron chi connectivity index (χ0n) is 16.6. The Morgan fingerprint density at radius 2 is 1.50 bits per heavy atom. The van der Waals surface area contributed by atoms with Crippen molar-refractivity contribution in [3.63, 3.8) is 0 Å². The van der Waals surface area contributed by atoms with E-state index in [1.54, 1.807) is 17.2 Å². The molecule has 3 atom stereocenters. The van der Waals surface area contributed by atoms with Crippen LogP contribution >= 0.6 is 0 Å². The number of fused-ring (bicyclic) bond motifs is 1. The summed E-state index contributed by atoms with van der Waals surface area (Å²) in [5, 5.41) is 31.0. The summed E-state index contributed by atoms with van der Waals surface area (Å²) in [7, 11) is 0. The molecule has 2 N–H and O–H groups in total. The van der Waals surface area contributed by atoms with Crippen LogP contribution in [0.4, 0.5) is 17.1 Å². The molecule has 0 bridgehead atoms. The quantitative estimate of drug-likeness (QED) is 0.477. The molecule has 0 saturated carbocycles. The minimum atomic E-state index is -1.03. The Morgan fingerprint density at radius 1 is 0.844 bits per heavy atom. The molecule has 0 unspecified atom stereocenters. The SMILES string of the molecule is O=C1[C@H]2[C@H](ON(c3ccccc3)[C@@H]2c2ccc(O)cc2)C(=O)N1c1ccc(N([O-])O)cc1. The third-order valence-corrected chi connectivity index (χ3v) is 5.69. The number of aromatic hydroxyl groups is 1. The minimum absolute atomic E-state index is 0.0264. The van der Waals surface area contributed by atoms with E-state index in [0.29, 0.717) is 11.3 Å². The molecule has 2 amide bonds. The van der Waals surface area contributed by atoms with Gasteiger partial charge < -0.3 is 15.5 Å². The molecule has 0 radical (unpaired) electrons. The molecule has 2 aliphatic rings. The fraction of sp³-hybridized carbons (Fsp3) is 0.130. The van der Waals surface area contributed by atoms with Gasteiger partial charge >= 0.3 is 0 Å². The number of hydroxylamine groups is 1. The maximum Gasteiger partial charge on any atom is 0.266 e. The van der Waals surface area contributed by atoms with Crippen molar-refractivity contribution in [1.29, 1.82) is 0 Å². The summed E-state index contributed by atoms with van der Waals surface area (Å²) in [4.78, 5) is 33.8. The summed E-state index contributed by atoms with van der Waals surface area (Å²) in [6, 6.07) is 20.4. The van der Waals surface area contributed by atoms with Gasteiger partial charge in [0.15, 0.2) is 6.10 Å². The summed E-state index contributed by atoms with van der Waals surface area (Å²) in [5.41, 5.74) is 1.65. The number of hydrogen-bond acceptors (Lipinski definition) is 8. The lowest BCUT2D eigenvalue weighted by molar-refractivity contribution is -0.126. The molecule has 2 aliphatic heterocycles. The van der Waals surface area contributed by atoms with E-state index in [2.05, 4.69) is 0 Å². The second-order valence-corrected chi connectivity index (χ2v) is 7.55. The van der Waals surface area contributed by atoms with Crippen molar-refractivity contribution >= 4 is 28.9 Å². The largest absolute Gasteiger partial charge is 0.733 e. The summed E-state index contributed by atoms with van der Waals surface area (Å²) < 4.78 is 0. The first-order chi connectivity index (χ1) is 15.5. The van der Waals surface area contributed by atoms with Crippen molar-refractivity contribution < 1.29 is 24.7 Å². The number of imide groups is 1. The van der Waals surface area contributed by atoms with Crippen molar-refractivity contribution in [2.45, 2.75) is 12.1 Å². The number of phenolic OH excluding ortho intramolecular Hbond substituents is 1. The van der Waals surface area contributed by atoms with E-state index in [-0.39, 0.29) is 22.4 Å². The number of carbonyl (C=O) groups is 2. The van der Waals surface area contributed by atoms with Gasteiger partial charge in [0.05, 0.1) is 23.1 Å². The van der Waals surface area contributed by atoms with E-state index in [9.17, 15) is 19.9 Å². The minimum Gasteiger partial charge on any atom is -0.733 e. The van der Waals surface area contributed by atoms with Crippen molar-refractivity contribution in [2.24, 2.45) is 5.92 Å². The van der Waals surface area contributed by atoms with E-state index in [0.717, 1.165) is 4.90 Å². The van der Waals surface area contributed by atoms with Crippen LogP contribution in [0, 0.1) is 11.1 Å². The van der Waals surface area contributed by atoms with Gasteiger partial charge in [-0.15, -0.1) is 0 Å². The molecular formula is C23H18N3O6-. The topological polar surface area (TPSA) is 117 Å². The summed E-state index contributed by atoms with van der Waals surface area (Å²) in [5.74, 6) is -1.69. The fourth-order valence-corrected chi connectivity index (χ4v) is 4.21. The summed E-state index contributed by atoms with van der Waals surface area (Å²) in [6.45, 7) is 0. The average molecular weight is 432 g/mol. The maximum atomic E-state index is 13.5. The van der Waals surface area contributed by atoms with E-state index in [1.165, 1.54) is 36.4 Å². The van der Waals surface area contributed by atoms with Gasteiger partial charge in [0.25, 0.3) is 5.91 Å². The first-order valence-corrected chi connectivity index (χ1v) is 9.90. The average Bonchev–Trinajstić information content (AvgIpc) is 3.31. The van der Waals surface area contributed by atoms with Crippen LogP contribution in [0.15, 0.2) is 78.9 Å². The molecule has 0 aliphatic carbocycles. The molecule has 0 aromatic heterocycles. The predicted octanol–water partition coefficient (Wildman–Crippen LogP) is 3.14. The van der Waals surface area contributed by atoms with Crippen LogP contribution in [0.2, 0.25) is 0 Å². The molecule has 2 heterocycles. The highest BCUT2D eigenvalue weighted by molar-refractivity contribution is 6.24. The van der Waals surface area contributed by atoms with Crippen LogP contribution in [-0.4, -0.2) is 28.2 Å². The van der Waals surface area contributed by atoms with Gasteiger partial charge in [-0.3, -0.25) is 19.6 Å². The van der Waals surface area contributed by atoms with Gasteiger partial charge in [0.1, 0.15) is 11.7 Å². The van der Waals surface area contributed by atoms with Crippen molar-refractivity contribution in [3.05, 3.63) is 89.6 Å². The highest BCUT2D eigenvalue weighted by Crippen LogP contribution is 2.47. The Kier molecular flexibility index (Phi) is 4.78. The highest BCUT2D eigenvalue weighted by atomic mass is 16.8. The number of phenols is 1. The Labute approximate surface area is 182 Å². The smallest absolute Gasteiger partial charge is 0.266 e. The number of hydrogen-bond donors (Lipinski definition) is 2. The number of anilines is 3. The molecular weight excluding hydrogens is 414 g/mol. The Hall–Kier alpha value is -3.92. The third kappa shape index (κ3) is 3.16. The lowest BCUT2D eigenvalue weighted by Gasteiger charge is -2.29. The maximum absolute atomic E-state index is 13.5. The normalized spacial score (nSPS) is 22.4. The second kappa shape index (κ2) is 7.65. The molecule has 32 heavy (non-hydrogen) atoms. The van der Waals surface area contributed by atoms with Crippen LogP contribution in [0.1, 0.15) is 11.6 Å². The number of carbonyl (C=O) groups excluding carboxylic acids is 2. The van der Waals surface area contributed by atoms with Crippen molar-refractivity contribution in [2.75, 3.05) is 15.2 Å². The van der Waals surface area contributed by atoms with Crippen LogP contribution in [0.5, 0.6) is 5.75 Å². The highest BCUT2D eigenvalue weighted by Gasteiger charge is 2.60. The molecule has 0 spiro atoms. The number of amides is 2. The summed E-state index contributed by atoms with van der Waals surface area (Å²) in [6.07, 6.45) is -1.03. The fourth-order valence-electron chi connectivity index (χ4n) is 4.21. The Balaban J connectivity index is 1.54. The molecule has 2 fully saturated rings. The standard InChI is InChI=1S/C23H18N3O6/c27-18-12-6-14(7-13-18)20-19-21(32-25(20)16-4-2-1-3-5-16)23(29)24(22(19)28)15-8-10-17(11-9-15)26(30)31/h1-13,19-21,27,30H/q-1/t19-,20-,21+/m1/s1. The van der Waals surface area contributed by atoms with Crippen LogP contribution in [-0.2, 0) is 14.4 Å². The Bertz CT molecular complexity index is 1150. The monoisotopic (exact) mass is 432 g/mol. The van der Waals surface area contributed by atoms with Crippen LogP contribution in [0.25, 0.3) is 0 Å². The van der Waals surface area contributed by atoms with Gasteiger partial charge in [-0.05, 0) is 54.1 Å². The predicted molar refractivity (Wildman–Crippen MR) is 115 cm³/mol. The van der Waals surface area contributed by atoms with Gasteiger partial charge in [-0.1, -0.05) is 30.3 Å². The van der Waals surface area contributed by atoms with Gasteiger partial charge in [-0.2, -0.15) is 0 Å².